The minimum absolute atomic E-state index is 0.0429. The first kappa shape index (κ1) is 28.8. The zero-order valence-electron chi connectivity index (χ0n) is 24.1. The average molecular weight is 565 g/mol. The van der Waals surface area contributed by atoms with Crippen LogP contribution in [0.1, 0.15) is 49.9 Å². The van der Waals surface area contributed by atoms with Crippen molar-refractivity contribution in [1.29, 1.82) is 0 Å². The summed E-state index contributed by atoms with van der Waals surface area (Å²) in [5, 5.41) is 65.4. The van der Waals surface area contributed by atoms with Crippen molar-refractivity contribution in [3.05, 3.63) is 137 Å². The van der Waals surface area contributed by atoms with Crippen molar-refractivity contribution in [3.63, 3.8) is 0 Å². The molecule has 0 aromatic heterocycles. The first-order valence-electron chi connectivity index (χ1n) is 13.8. The van der Waals surface area contributed by atoms with Crippen molar-refractivity contribution < 1.29 is 30.6 Å². The van der Waals surface area contributed by atoms with Crippen LogP contribution in [0, 0.1) is 5.92 Å². The summed E-state index contributed by atoms with van der Waals surface area (Å²) in [6.45, 7) is 7.84. The minimum atomic E-state index is -1.75. The molecule has 6 nitrogen and oxygen atoms in total. The molecule has 0 radical (unpaired) electrons. The van der Waals surface area contributed by atoms with Crippen LogP contribution in [-0.2, 0) is 16.4 Å². The van der Waals surface area contributed by atoms with Gasteiger partial charge in [0.1, 0.15) is 34.4 Å². The lowest BCUT2D eigenvalue weighted by molar-refractivity contribution is -0.0121. The summed E-state index contributed by atoms with van der Waals surface area (Å²) in [5.74, 6) is -0.596. The molecule has 216 valence electrons. The second kappa shape index (κ2) is 10.3. The van der Waals surface area contributed by atoms with Crippen LogP contribution < -0.4 is 0 Å². The maximum Gasteiger partial charge on any atom is 0.119 e. The Morgan fingerprint density at radius 3 is 1.43 bits per heavy atom. The van der Waals surface area contributed by atoms with Crippen molar-refractivity contribution in [2.24, 2.45) is 5.92 Å². The van der Waals surface area contributed by atoms with Crippen molar-refractivity contribution in [1.82, 2.24) is 0 Å². The number of hydrogen-bond donors (Lipinski definition) is 6. The Bertz CT molecular complexity index is 1640. The second-order valence-corrected chi connectivity index (χ2v) is 12.1. The van der Waals surface area contributed by atoms with Gasteiger partial charge in [-0.2, -0.15) is 0 Å². The molecule has 2 atom stereocenters. The number of allylic oxidation sites excluding steroid dienone is 2. The molecule has 1 aliphatic rings. The number of benzene rings is 4. The summed E-state index contributed by atoms with van der Waals surface area (Å²) < 4.78 is 0. The van der Waals surface area contributed by atoms with E-state index in [1.165, 1.54) is 12.1 Å². The van der Waals surface area contributed by atoms with E-state index in [1.807, 2.05) is 39.8 Å². The fourth-order valence-corrected chi connectivity index (χ4v) is 6.25. The predicted molar refractivity (Wildman–Crippen MR) is 163 cm³/mol. The molecule has 4 aromatic carbocycles. The molecule has 0 heterocycles. The van der Waals surface area contributed by atoms with E-state index in [-0.39, 0.29) is 28.8 Å². The highest BCUT2D eigenvalue weighted by atomic mass is 16.3. The second-order valence-electron chi connectivity index (χ2n) is 12.1. The monoisotopic (exact) mass is 564 g/mol. The number of hydrogen-bond acceptors (Lipinski definition) is 6. The fourth-order valence-electron chi connectivity index (χ4n) is 6.25. The number of aromatic hydroxyl groups is 4. The Morgan fingerprint density at radius 1 is 0.548 bits per heavy atom. The van der Waals surface area contributed by atoms with Gasteiger partial charge >= 0.3 is 0 Å². The predicted octanol–water partition coefficient (Wildman–Crippen LogP) is 7.18. The molecule has 42 heavy (non-hydrogen) atoms. The third-order valence-corrected chi connectivity index (χ3v) is 8.68. The number of phenols is 4. The lowest BCUT2D eigenvalue weighted by Gasteiger charge is -2.49. The van der Waals surface area contributed by atoms with Crippen LogP contribution in [0.2, 0.25) is 0 Å². The van der Waals surface area contributed by atoms with Crippen molar-refractivity contribution in [3.8, 4) is 23.0 Å². The summed E-state index contributed by atoms with van der Waals surface area (Å²) in [4.78, 5) is 0. The Morgan fingerprint density at radius 2 is 0.952 bits per heavy atom. The highest BCUT2D eigenvalue weighted by molar-refractivity contribution is 5.86. The fraction of sp³-hybridized carbons (Fsp3) is 0.222. The molecule has 6 heteroatoms. The van der Waals surface area contributed by atoms with Gasteiger partial charge in [-0.15, -0.1) is 0 Å². The van der Waals surface area contributed by atoms with Gasteiger partial charge in [-0.1, -0.05) is 76.2 Å². The van der Waals surface area contributed by atoms with Crippen LogP contribution in [0.5, 0.6) is 23.0 Å². The van der Waals surface area contributed by atoms with Gasteiger partial charge in [0.2, 0.25) is 0 Å². The van der Waals surface area contributed by atoms with Gasteiger partial charge in [0.05, 0.1) is 5.92 Å². The van der Waals surface area contributed by atoms with Crippen LogP contribution in [0.4, 0.5) is 0 Å². The van der Waals surface area contributed by atoms with Crippen LogP contribution >= 0.6 is 0 Å². The summed E-state index contributed by atoms with van der Waals surface area (Å²) >= 11 is 0. The highest BCUT2D eigenvalue weighted by Crippen LogP contribution is 2.56. The Kier molecular flexibility index (Phi) is 7.07. The molecule has 0 aliphatic heterocycles. The number of aliphatic hydroxyl groups is 2. The van der Waals surface area contributed by atoms with Crippen LogP contribution in [0.25, 0.3) is 5.57 Å². The topological polar surface area (TPSA) is 121 Å². The number of phenolic OH excluding ortho intramolecular Hbond substituents is 4. The first-order chi connectivity index (χ1) is 19.7. The maximum absolute atomic E-state index is 12.9. The van der Waals surface area contributed by atoms with Gasteiger partial charge < -0.3 is 30.6 Å². The van der Waals surface area contributed by atoms with E-state index in [9.17, 15) is 30.6 Å². The molecular weight excluding hydrogens is 528 g/mol. The molecule has 0 saturated heterocycles. The van der Waals surface area contributed by atoms with E-state index >= 15 is 0 Å². The largest absolute Gasteiger partial charge is 0.511 e. The first-order valence-corrected chi connectivity index (χ1v) is 13.8. The van der Waals surface area contributed by atoms with Gasteiger partial charge in [-0.25, -0.2) is 0 Å². The average Bonchev–Trinajstić information content (AvgIpc) is 2.94. The molecule has 2 unspecified atom stereocenters. The van der Waals surface area contributed by atoms with Crippen LogP contribution in [0.15, 0.2) is 114 Å². The molecule has 0 saturated carbocycles. The summed E-state index contributed by atoms with van der Waals surface area (Å²) in [6, 6.07) is 26.4. The quantitative estimate of drug-likeness (QED) is 0.148. The van der Waals surface area contributed by atoms with Crippen molar-refractivity contribution in [2.75, 3.05) is 0 Å². The third-order valence-electron chi connectivity index (χ3n) is 8.68. The van der Waals surface area contributed by atoms with Crippen molar-refractivity contribution in [2.45, 2.75) is 44.1 Å². The van der Waals surface area contributed by atoms with Gasteiger partial charge in [-0.05, 0) is 82.4 Å². The minimum Gasteiger partial charge on any atom is -0.511 e. The van der Waals surface area contributed by atoms with E-state index in [2.05, 4.69) is 0 Å². The lowest BCUT2D eigenvalue weighted by Crippen LogP contribution is -2.48. The summed E-state index contributed by atoms with van der Waals surface area (Å²) in [5.41, 5.74) is 0.537. The molecule has 5 rings (SSSR count). The lowest BCUT2D eigenvalue weighted by atomic mass is 9.57. The van der Waals surface area contributed by atoms with Crippen molar-refractivity contribution >= 4 is 5.57 Å². The molecular formula is C36H36O6. The smallest absolute Gasteiger partial charge is 0.119 e. The normalized spacial score (nSPS) is 19.5. The SMILES string of the molecule is CC(C)(C1=CC(O)(c2ccc(O)cc2)C(C(C)(C)c2ccc(O)cc2)C(O)=C1c1ccc(O)cc1)c1ccc(O)cc1. The van der Waals surface area contributed by atoms with E-state index in [4.69, 9.17) is 0 Å². The molecule has 0 spiro atoms. The molecule has 0 bridgehead atoms. The Balaban J connectivity index is 1.85. The van der Waals surface area contributed by atoms with Gasteiger partial charge in [0, 0.05) is 16.4 Å². The maximum atomic E-state index is 12.9. The van der Waals surface area contributed by atoms with Crippen LogP contribution in [0.3, 0.4) is 0 Å². The zero-order valence-corrected chi connectivity index (χ0v) is 24.1. The zero-order chi connectivity index (χ0) is 30.4. The molecule has 0 amide bonds. The van der Waals surface area contributed by atoms with Gasteiger partial charge in [0.15, 0.2) is 0 Å². The number of aliphatic hydroxyl groups excluding tert-OH is 1. The van der Waals surface area contributed by atoms with E-state index in [0.717, 1.165) is 11.1 Å². The number of rotatable bonds is 6. The standard InChI is InChI=1S/C36H36O6/c1-34(2,23-7-15-27(38)16-8-23)30-21-36(42,25-11-19-29(40)20-12-25)33(35(3,4)24-9-17-28(39)18-10-24)32(41)31(30)22-5-13-26(37)14-6-22/h5-21,33,37-42H,1-4H3. The Labute approximate surface area is 245 Å². The highest BCUT2D eigenvalue weighted by Gasteiger charge is 2.53. The molecule has 4 aromatic rings. The van der Waals surface area contributed by atoms with Crippen LogP contribution in [-0.4, -0.2) is 30.6 Å². The molecule has 0 fully saturated rings. The van der Waals surface area contributed by atoms with Gasteiger partial charge in [0.25, 0.3) is 0 Å². The van der Waals surface area contributed by atoms with E-state index in [0.29, 0.717) is 22.3 Å². The summed E-state index contributed by atoms with van der Waals surface area (Å²) in [6.07, 6.45) is 1.79. The van der Waals surface area contributed by atoms with E-state index in [1.54, 1.807) is 78.9 Å². The van der Waals surface area contributed by atoms with Gasteiger partial charge in [-0.3, -0.25) is 0 Å². The third kappa shape index (κ3) is 4.88. The van der Waals surface area contributed by atoms with E-state index < -0.39 is 22.3 Å². The summed E-state index contributed by atoms with van der Waals surface area (Å²) in [7, 11) is 0. The molecule has 6 N–H and O–H groups in total. The molecule has 1 aliphatic carbocycles. The Hall–Kier alpha value is -4.68.